The first-order chi connectivity index (χ1) is 6.77. The van der Waals surface area contributed by atoms with Crippen LogP contribution in [-0.2, 0) is 0 Å². The Balaban J connectivity index is 2.53. The highest BCUT2D eigenvalue weighted by atomic mass is 35.5. The minimum absolute atomic E-state index is 0.654. The second-order valence-corrected chi connectivity index (χ2v) is 3.76. The Bertz CT molecular complexity index is 440. The van der Waals surface area contributed by atoms with E-state index in [2.05, 4.69) is 4.98 Å². The first kappa shape index (κ1) is 9.50. The van der Waals surface area contributed by atoms with Crippen LogP contribution in [0, 0.1) is 0 Å². The lowest BCUT2D eigenvalue weighted by molar-refractivity contribution is -0.377. The van der Waals surface area contributed by atoms with Gasteiger partial charge in [0.15, 0.2) is 12.4 Å². The van der Waals surface area contributed by atoms with Gasteiger partial charge in [-0.1, -0.05) is 29.3 Å². The van der Waals surface area contributed by atoms with Gasteiger partial charge in [-0.05, 0) is 17.7 Å². The van der Waals surface area contributed by atoms with E-state index in [1.54, 1.807) is 6.07 Å². The number of benzene rings is 1. The quantitative estimate of drug-likeness (QED) is 0.705. The highest BCUT2D eigenvalue weighted by molar-refractivity contribution is 6.36. The average Bonchev–Trinajstić information content (AvgIpc) is 2.19. The van der Waals surface area contributed by atoms with Crippen molar-refractivity contribution in [3.05, 3.63) is 52.8 Å². The summed E-state index contributed by atoms with van der Waals surface area (Å²) in [6.07, 6.45) is 3.72. The predicted molar refractivity (Wildman–Crippen MR) is 58.5 cm³/mol. The molecule has 70 valence electrons. The van der Waals surface area contributed by atoms with Crippen molar-refractivity contribution in [3.63, 3.8) is 0 Å². The maximum atomic E-state index is 6.07. The molecule has 0 unspecified atom stereocenters. The normalized spacial score (nSPS) is 10.1. The number of pyridine rings is 1. The van der Waals surface area contributed by atoms with Crippen LogP contribution in [0.15, 0.2) is 42.7 Å². The van der Waals surface area contributed by atoms with E-state index in [1.807, 2.05) is 36.7 Å². The fourth-order valence-electron chi connectivity index (χ4n) is 1.29. The zero-order valence-electron chi connectivity index (χ0n) is 7.30. The molecule has 3 heteroatoms. The van der Waals surface area contributed by atoms with Crippen molar-refractivity contribution in [2.75, 3.05) is 0 Å². The highest BCUT2D eigenvalue weighted by Crippen LogP contribution is 2.29. The van der Waals surface area contributed by atoms with Crippen LogP contribution in [0.2, 0.25) is 10.0 Å². The molecule has 1 aromatic heterocycles. The Morgan fingerprint density at radius 3 is 2.29 bits per heavy atom. The molecular formula is C11H8Cl2N+. The van der Waals surface area contributed by atoms with Crippen LogP contribution < -0.4 is 4.98 Å². The number of aromatic amines is 1. The standard InChI is InChI=1S/C11H7Cl2N/c12-9-1-2-10(11(13)7-9)8-3-5-14-6-4-8/h1-7H/p+1. The van der Waals surface area contributed by atoms with E-state index in [1.165, 1.54) is 0 Å². The van der Waals surface area contributed by atoms with E-state index in [4.69, 9.17) is 23.2 Å². The Hall–Kier alpha value is -1.05. The largest absolute Gasteiger partial charge is 0.218 e. The van der Waals surface area contributed by atoms with E-state index in [-0.39, 0.29) is 0 Å². The molecule has 2 aromatic rings. The molecule has 0 saturated heterocycles. The molecule has 0 atom stereocenters. The second-order valence-electron chi connectivity index (χ2n) is 2.91. The van der Waals surface area contributed by atoms with Crippen LogP contribution in [0.1, 0.15) is 0 Å². The SMILES string of the molecule is Clc1ccc(-c2cc[nH+]cc2)c(Cl)c1. The summed E-state index contributed by atoms with van der Waals surface area (Å²) in [4.78, 5) is 2.96. The molecule has 1 N–H and O–H groups in total. The Morgan fingerprint density at radius 1 is 0.929 bits per heavy atom. The molecule has 0 aliphatic rings. The monoisotopic (exact) mass is 224 g/mol. The van der Waals surface area contributed by atoms with E-state index < -0.39 is 0 Å². The van der Waals surface area contributed by atoms with Gasteiger partial charge in [-0.15, -0.1) is 0 Å². The van der Waals surface area contributed by atoms with Gasteiger partial charge in [0, 0.05) is 27.7 Å². The summed E-state index contributed by atoms with van der Waals surface area (Å²) >= 11 is 11.9. The van der Waals surface area contributed by atoms with Crippen LogP contribution in [-0.4, -0.2) is 0 Å². The fraction of sp³-hybridized carbons (Fsp3) is 0. The lowest BCUT2D eigenvalue weighted by atomic mass is 10.1. The van der Waals surface area contributed by atoms with Crippen molar-refractivity contribution < 1.29 is 4.98 Å². The van der Waals surface area contributed by atoms with Gasteiger partial charge in [0.05, 0.1) is 0 Å². The average molecular weight is 225 g/mol. The number of hydrogen-bond donors (Lipinski definition) is 0. The topological polar surface area (TPSA) is 14.1 Å². The zero-order chi connectivity index (χ0) is 9.97. The summed E-state index contributed by atoms with van der Waals surface area (Å²) < 4.78 is 0. The third kappa shape index (κ3) is 1.89. The predicted octanol–water partition coefficient (Wildman–Crippen LogP) is 3.47. The lowest BCUT2D eigenvalue weighted by Gasteiger charge is -2.02. The Morgan fingerprint density at radius 2 is 1.64 bits per heavy atom. The minimum atomic E-state index is 0.654. The Kier molecular flexibility index (Phi) is 2.71. The van der Waals surface area contributed by atoms with Gasteiger partial charge < -0.3 is 0 Å². The van der Waals surface area contributed by atoms with Crippen LogP contribution in [0.4, 0.5) is 0 Å². The van der Waals surface area contributed by atoms with Crippen molar-refractivity contribution in [1.29, 1.82) is 0 Å². The van der Waals surface area contributed by atoms with Crippen molar-refractivity contribution in [2.24, 2.45) is 0 Å². The maximum Gasteiger partial charge on any atom is 0.167 e. The first-order valence-corrected chi connectivity index (χ1v) is 4.94. The number of halogens is 2. The molecule has 0 saturated carbocycles. The molecule has 2 rings (SSSR count). The third-order valence-corrected chi connectivity index (χ3v) is 2.51. The van der Waals surface area contributed by atoms with E-state index in [9.17, 15) is 0 Å². The van der Waals surface area contributed by atoms with Gasteiger partial charge in [0.2, 0.25) is 0 Å². The van der Waals surface area contributed by atoms with Gasteiger partial charge in [-0.2, -0.15) is 0 Å². The van der Waals surface area contributed by atoms with Crippen molar-refractivity contribution in [2.45, 2.75) is 0 Å². The smallest absolute Gasteiger partial charge is 0.167 e. The summed E-state index contributed by atoms with van der Waals surface area (Å²) in [5.41, 5.74) is 2.07. The van der Waals surface area contributed by atoms with Crippen molar-refractivity contribution >= 4 is 23.2 Å². The molecule has 1 nitrogen and oxygen atoms in total. The van der Waals surface area contributed by atoms with Gasteiger partial charge in [-0.25, -0.2) is 4.98 Å². The van der Waals surface area contributed by atoms with Crippen LogP contribution in [0.25, 0.3) is 11.1 Å². The van der Waals surface area contributed by atoms with Crippen LogP contribution >= 0.6 is 23.2 Å². The second kappa shape index (κ2) is 3.99. The molecule has 0 fully saturated rings. The molecule has 1 heterocycles. The molecule has 0 aliphatic carbocycles. The molecule has 0 aliphatic heterocycles. The summed E-state index contributed by atoms with van der Waals surface area (Å²) in [5, 5.41) is 1.32. The van der Waals surface area contributed by atoms with Crippen LogP contribution in [0.3, 0.4) is 0 Å². The summed E-state index contributed by atoms with van der Waals surface area (Å²) in [7, 11) is 0. The van der Waals surface area contributed by atoms with E-state index >= 15 is 0 Å². The molecule has 0 radical (unpaired) electrons. The van der Waals surface area contributed by atoms with Gasteiger partial charge >= 0.3 is 0 Å². The molecule has 0 bridgehead atoms. The summed E-state index contributed by atoms with van der Waals surface area (Å²) in [5.74, 6) is 0. The third-order valence-electron chi connectivity index (χ3n) is 1.96. The zero-order valence-corrected chi connectivity index (χ0v) is 8.81. The molecule has 0 spiro atoms. The number of hydrogen-bond acceptors (Lipinski definition) is 0. The van der Waals surface area contributed by atoms with Crippen molar-refractivity contribution in [1.82, 2.24) is 0 Å². The number of rotatable bonds is 1. The van der Waals surface area contributed by atoms with Gasteiger partial charge in [0.1, 0.15) is 0 Å². The molecule has 0 amide bonds. The van der Waals surface area contributed by atoms with E-state index in [0.29, 0.717) is 10.0 Å². The van der Waals surface area contributed by atoms with Gasteiger partial charge in [-0.3, -0.25) is 0 Å². The summed E-state index contributed by atoms with van der Waals surface area (Å²) in [6.45, 7) is 0. The van der Waals surface area contributed by atoms with Crippen LogP contribution in [0.5, 0.6) is 0 Å². The van der Waals surface area contributed by atoms with Gasteiger partial charge in [0.25, 0.3) is 0 Å². The molecule has 14 heavy (non-hydrogen) atoms. The minimum Gasteiger partial charge on any atom is -0.218 e. The Labute approximate surface area is 92.3 Å². The number of H-pyrrole nitrogens is 1. The number of aromatic nitrogens is 1. The number of nitrogens with one attached hydrogen (secondary N) is 1. The first-order valence-electron chi connectivity index (χ1n) is 4.19. The van der Waals surface area contributed by atoms with E-state index in [0.717, 1.165) is 11.1 Å². The fourth-order valence-corrected chi connectivity index (χ4v) is 1.81. The summed E-state index contributed by atoms with van der Waals surface area (Å²) in [6, 6.07) is 9.43. The van der Waals surface area contributed by atoms with Crippen molar-refractivity contribution in [3.8, 4) is 11.1 Å². The maximum absolute atomic E-state index is 6.07. The lowest BCUT2D eigenvalue weighted by Crippen LogP contribution is -1.96. The molecule has 1 aromatic carbocycles. The molecular weight excluding hydrogens is 217 g/mol. The highest BCUT2D eigenvalue weighted by Gasteiger charge is 2.03.